The molecule has 5 nitrogen and oxygen atoms in total. The number of carbonyl (C=O) groups is 1. The van der Waals surface area contributed by atoms with Crippen LogP contribution in [0.5, 0.6) is 0 Å². The average Bonchev–Trinajstić information content (AvgIpc) is 2.97. The Balaban J connectivity index is 2.26. The molecule has 0 aliphatic heterocycles. The number of fused-ring (bicyclic) bond motifs is 1. The maximum absolute atomic E-state index is 12.9. The lowest BCUT2D eigenvalue weighted by molar-refractivity contribution is -0.137. The summed E-state index contributed by atoms with van der Waals surface area (Å²) in [4.78, 5) is 20.6. The van der Waals surface area contributed by atoms with Gasteiger partial charge in [0.2, 0.25) is 5.95 Å². The summed E-state index contributed by atoms with van der Waals surface area (Å²) in [5, 5.41) is 3.24. The van der Waals surface area contributed by atoms with Crippen LogP contribution in [0.3, 0.4) is 0 Å². The van der Waals surface area contributed by atoms with Crippen LogP contribution in [0.15, 0.2) is 30.3 Å². The van der Waals surface area contributed by atoms with E-state index in [2.05, 4.69) is 15.3 Å². The van der Waals surface area contributed by atoms with Gasteiger partial charge in [-0.15, -0.1) is 11.3 Å². The molecule has 0 bridgehead atoms. The first-order valence-corrected chi connectivity index (χ1v) is 7.58. The number of hydrogen-bond acceptors (Lipinski definition) is 5. The smallest absolute Gasteiger partial charge is 0.365 e. The zero-order chi connectivity index (χ0) is 17.5. The van der Waals surface area contributed by atoms with E-state index >= 15 is 0 Å². The van der Waals surface area contributed by atoms with Gasteiger partial charge in [-0.25, -0.2) is 9.97 Å². The molecular weight excluding hydrogens is 341 g/mol. The minimum atomic E-state index is -4.46. The first kappa shape index (κ1) is 16.2. The number of aromatic nitrogens is 2. The highest BCUT2D eigenvalue weighted by atomic mass is 32.1. The number of thiophene rings is 1. The van der Waals surface area contributed by atoms with E-state index in [9.17, 15) is 18.0 Å². The fourth-order valence-corrected chi connectivity index (χ4v) is 3.10. The molecule has 0 saturated heterocycles. The summed E-state index contributed by atoms with van der Waals surface area (Å²) < 4.78 is 38.8. The van der Waals surface area contributed by atoms with Crippen LogP contribution in [0.1, 0.15) is 15.2 Å². The Morgan fingerprint density at radius 2 is 2.00 bits per heavy atom. The topological polar surface area (TPSA) is 80.9 Å². The molecule has 0 aliphatic carbocycles. The SMILES string of the molecule is CNc1nc(-c2cccc(C(F)(F)F)c2)c2cc(C(N)=O)sc2n1. The van der Waals surface area contributed by atoms with E-state index in [0.29, 0.717) is 15.9 Å². The van der Waals surface area contributed by atoms with E-state index in [1.165, 1.54) is 18.2 Å². The first-order valence-electron chi connectivity index (χ1n) is 6.76. The monoisotopic (exact) mass is 352 g/mol. The predicted octanol–water partition coefficient (Wildman–Crippen LogP) is 3.52. The molecule has 0 atom stereocenters. The number of primary amides is 1. The standard InChI is InChI=1S/C15H11F3N4OS/c1-20-14-21-11(7-3-2-4-8(5-7)15(16,17)18)9-6-10(12(19)23)24-13(9)22-14/h2-6H,1H3,(H2,19,23)(H,20,21,22). The Hall–Kier alpha value is -2.68. The number of nitrogens with one attached hydrogen (secondary N) is 1. The Labute approximate surface area is 138 Å². The largest absolute Gasteiger partial charge is 0.416 e. The van der Waals surface area contributed by atoms with Gasteiger partial charge in [0.25, 0.3) is 5.91 Å². The Morgan fingerprint density at radius 3 is 2.62 bits per heavy atom. The summed E-state index contributed by atoms with van der Waals surface area (Å²) in [7, 11) is 1.60. The molecule has 0 radical (unpaired) electrons. The van der Waals surface area contributed by atoms with E-state index in [-0.39, 0.29) is 16.4 Å². The van der Waals surface area contributed by atoms with Crippen LogP contribution in [-0.2, 0) is 6.18 Å². The van der Waals surface area contributed by atoms with Crippen molar-refractivity contribution in [3.63, 3.8) is 0 Å². The number of nitrogens with zero attached hydrogens (tertiary/aromatic N) is 2. The van der Waals surface area contributed by atoms with Gasteiger partial charge in [-0.05, 0) is 18.2 Å². The highest BCUT2D eigenvalue weighted by Crippen LogP contribution is 2.36. The Morgan fingerprint density at radius 1 is 1.25 bits per heavy atom. The van der Waals surface area contributed by atoms with Gasteiger partial charge in [0.15, 0.2) is 0 Å². The van der Waals surface area contributed by atoms with Crippen molar-refractivity contribution in [1.82, 2.24) is 9.97 Å². The van der Waals surface area contributed by atoms with E-state index in [4.69, 9.17) is 5.73 Å². The van der Waals surface area contributed by atoms with Crippen LogP contribution in [0.2, 0.25) is 0 Å². The number of amides is 1. The van der Waals surface area contributed by atoms with Crippen molar-refractivity contribution in [3.8, 4) is 11.3 Å². The van der Waals surface area contributed by atoms with E-state index < -0.39 is 17.6 Å². The number of nitrogens with two attached hydrogens (primary N) is 1. The van der Waals surface area contributed by atoms with Crippen molar-refractivity contribution >= 4 is 33.4 Å². The lowest BCUT2D eigenvalue weighted by Crippen LogP contribution is -2.08. The summed E-state index contributed by atoms with van der Waals surface area (Å²) >= 11 is 1.07. The van der Waals surface area contributed by atoms with Crippen LogP contribution in [0.25, 0.3) is 21.5 Å². The van der Waals surface area contributed by atoms with Crippen LogP contribution in [0.4, 0.5) is 19.1 Å². The molecule has 0 aliphatic rings. The molecule has 0 fully saturated rings. The third-order valence-electron chi connectivity index (χ3n) is 3.32. The van der Waals surface area contributed by atoms with Gasteiger partial charge >= 0.3 is 6.18 Å². The van der Waals surface area contributed by atoms with Gasteiger partial charge in [-0.3, -0.25) is 4.79 Å². The second kappa shape index (κ2) is 5.75. The molecule has 0 saturated carbocycles. The zero-order valence-corrected chi connectivity index (χ0v) is 13.1. The zero-order valence-electron chi connectivity index (χ0n) is 12.3. The highest BCUT2D eigenvalue weighted by Gasteiger charge is 2.30. The van der Waals surface area contributed by atoms with Gasteiger partial charge in [-0.2, -0.15) is 13.2 Å². The number of anilines is 1. The first-order chi connectivity index (χ1) is 11.3. The maximum atomic E-state index is 12.9. The van der Waals surface area contributed by atoms with Crippen molar-refractivity contribution in [1.29, 1.82) is 0 Å². The molecule has 124 valence electrons. The van der Waals surface area contributed by atoms with Gasteiger partial charge < -0.3 is 11.1 Å². The van der Waals surface area contributed by atoms with E-state index in [1.54, 1.807) is 7.05 Å². The minimum absolute atomic E-state index is 0.243. The second-order valence-corrected chi connectivity index (χ2v) is 5.95. The average molecular weight is 352 g/mol. The summed E-state index contributed by atoms with van der Waals surface area (Å²) in [6.45, 7) is 0. The minimum Gasteiger partial charge on any atom is -0.365 e. The van der Waals surface area contributed by atoms with Crippen molar-refractivity contribution in [2.45, 2.75) is 6.18 Å². The van der Waals surface area contributed by atoms with Crippen LogP contribution < -0.4 is 11.1 Å². The maximum Gasteiger partial charge on any atom is 0.416 e. The Bertz CT molecular complexity index is 936. The molecule has 3 rings (SSSR count). The second-order valence-electron chi connectivity index (χ2n) is 4.92. The van der Waals surface area contributed by atoms with Crippen molar-refractivity contribution in [2.75, 3.05) is 12.4 Å². The van der Waals surface area contributed by atoms with Crippen LogP contribution in [0, 0.1) is 0 Å². The van der Waals surface area contributed by atoms with Crippen LogP contribution in [-0.4, -0.2) is 22.9 Å². The molecule has 9 heteroatoms. The van der Waals surface area contributed by atoms with Crippen molar-refractivity contribution in [2.24, 2.45) is 5.73 Å². The number of hydrogen-bond donors (Lipinski definition) is 2. The predicted molar refractivity (Wildman–Crippen MR) is 85.9 cm³/mol. The number of carbonyl (C=O) groups excluding carboxylic acids is 1. The number of rotatable bonds is 3. The molecule has 2 aromatic heterocycles. The summed E-state index contributed by atoms with van der Waals surface area (Å²) in [5.41, 5.74) is 5.09. The van der Waals surface area contributed by atoms with Crippen LogP contribution >= 0.6 is 11.3 Å². The molecule has 3 aromatic rings. The van der Waals surface area contributed by atoms with E-state index in [0.717, 1.165) is 23.5 Å². The van der Waals surface area contributed by atoms with Gasteiger partial charge in [-0.1, -0.05) is 12.1 Å². The molecule has 1 amide bonds. The molecule has 3 N–H and O–H groups in total. The summed E-state index contributed by atoms with van der Waals surface area (Å²) in [6.07, 6.45) is -4.46. The van der Waals surface area contributed by atoms with Crippen molar-refractivity contribution < 1.29 is 18.0 Å². The fraction of sp³-hybridized carbons (Fsp3) is 0.133. The third kappa shape index (κ3) is 2.90. The van der Waals surface area contributed by atoms with E-state index in [1.807, 2.05) is 0 Å². The quantitative estimate of drug-likeness (QED) is 0.756. The van der Waals surface area contributed by atoms with Gasteiger partial charge in [0, 0.05) is 18.0 Å². The Kier molecular flexibility index (Phi) is 3.88. The number of halogens is 3. The lowest BCUT2D eigenvalue weighted by Gasteiger charge is -2.10. The molecule has 0 unspecified atom stereocenters. The third-order valence-corrected chi connectivity index (χ3v) is 4.37. The van der Waals surface area contributed by atoms with Gasteiger partial charge in [0.05, 0.1) is 16.1 Å². The number of benzene rings is 1. The molecule has 2 heterocycles. The normalized spacial score (nSPS) is 11.7. The molecule has 1 aromatic carbocycles. The van der Waals surface area contributed by atoms with Gasteiger partial charge in [0.1, 0.15) is 4.83 Å². The molecule has 0 spiro atoms. The highest BCUT2D eigenvalue weighted by molar-refractivity contribution is 7.20. The molecular formula is C15H11F3N4OS. The number of alkyl halides is 3. The summed E-state index contributed by atoms with van der Waals surface area (Å²) in [6, 6.07) is 6.34. The summed E-state index contributed by atoms with van der Waals surface area (Å²) in [5.74, 6) is -0.383. The molecule has 24 heavy (non-hydrogen) atoms. The van der Waals surface area contributed by atoms with Crippen molar-refractivity contribution in [3.05, 3.63) is 40.8 Å². The lowest BCUT2D eigenvalue weighted by atomic mass is 10.1. The fourth-order valence-electron chi connectivity index (χ4n) is 2.22.